The Kier molecular flexibility index (Phi) is 3.99. The number of nitro groups is 1. The molecule has 0 bridgehead atoms. The van der Waals surface area contributed by atoms with E-state index in [1.807, 2.05) is 11.8 Å². The van der Waals surface area contributed by atoms with Crippen molar-refractivity contribution < 1.29 is 10.0 Å². The van der Waals surface area contributed by atoms with E-state index in [4.69, 9.17) is 5.11 Å². The van der Waals surface area contributed by atoms with Crippen molar-refractivity contribution in [1.82, 2.24) is 4.98 Å². The molecule has 0 saturated carbocycles. The van der Waals surface area contributed by atoms with Crippen molar-refractivity contribution in [2.75, 3.05) is 24.6 Å². The van der Waals surface area contributed by atoms with Gasteiger partial charge >= 0.3 is 5.82 Å². The van der Waals surface area contributed by atoms with Crippen LogP contribution < -0.4 is 4.90 Å². The van der Waals surface area contributed by atoms with E-state index < -0.39 is 4.92 Å². The van der Waals surface area contributed by atoms with E-state index in [0.717, 1.165) is 12.2 Å². The van der Waals surface area contributed by atoms with Gasteiger partial charge in [-0.05, 0) is 22.9 Å². The van der Waals surface area contributed by atoms with Crippen LogP contribution in [0.15, 0.2) is 18.3 Å². The summed E-state index contributed by atoms with van der Waals surface area (Å²) in [5.41, 5.74) is 0.775. The number of likely N-dealkylation sites (N-methyl/N-ethyl adjacent to an activating group) is 1. The molecule has 0 radical (unpaired) electrons. The van der Waals surface area contributed by atoms with E-state index in [1.54, 1.807) is 6.07 Å². The van der Waals surface area contributed by atoms with Crippen molar-refractivity contribution in [3.05, 3.63) is 28.4 Å². The van der Waals surface area contributed by atoms with Crippen LogP contribution in [-0.2, 0) is 0 Å². The number of aliphatic hydroxyl groups is 1. The van der Waals surface area contributed by atoms with Gasteiger partial charge in [0.25, 0.3) is 0 Å². The molecular formula is C9H13N3O3. The van der Waals surface area contributed by atoms with E-state index >= 15 is 0 Å². The fourth-order valence-electron chi connectivity index (χ4n) is 1.26. The van der Waals surface area contributed by atoms with Crippen LogP contribution in [0.3, 0.4) is 0 Å². The molecule has 0 saturated heterocycles. The monoisotopic (exact) mass is 211 g/mol. The Balaban J connectivity index is 2.81. The summed E-state index contributed by atoms with van der Waals surface area (Å²) >= 11 is 0. The zero-order valence-corrected chi connectivity index (χ0v) is 8.46. The van der Waals surface area contributed by atoms with Gasteiger partial charge in [-0.15, -0.1) is 0 Å². The van der Waals surface area contributed by atoms with Crippen molar-refractivity contribution in [2.24, 2.45) is 0 Å². The van der Waals surface area contributed by atoms with E-state index in [9.17, 15) is 10.1 Å². The second-order valence-electron chi connectivity index (χ2n) is 2.93. The van der Waals surface area contributed by atoms with Crippen LogP contribution in [0, 0.1) is 10.1 Å². The summed E-state index contributed by atoms with van der Waals surface area (Å²) in [5.74, 6) is -0.168. The SMILES string of the molecule is CCN(CCO)c1ccc([N+](=O)[O-])nc1. The molecule has 1 aromatic rings. The predicted octanol–water partition coefficient (Wildman–Crippen LogP) is 0.808. The zero-order chi connectivity index (χ0) is 11.3. The van der Waals surface area contributed by atoms with Gasteiger partial charge in [-0.3, -0.25) is 0 Å². The Morgan fingerprint density at radius 2 is 2.33 bits per heavy atom. The van der Waals surface area contributed by atoms with E-state index in [1.165, 1.54) is 12.3 Å². The highest BCUT2D eigenvalue weighted by atomic mass is 16.6. The highest BCUT2D eigenvalue weighted by molar-refractivity contribution is 5.46. The summed E-state index contributed by atoms with van der Waals surface area (Å²) in [6.45, 7) is 3.21. The van der Waals surface area contributed by atoms with E-state index in [2.05, 4.69) is 4.98 Å². The van der Waals surface area contributed by atoms with Crippen LogP contribution in [0.2, 0.25) is 0 Å². The lowest BCUT2D eigenvalue weighted by Gasteiger charge is -2.19. The molecule has 0 spiro atoms. The minimum absolute atomic E-state index is 0.0465. The minimum atomic E-state index is -0.536. The fourth-order valence-corrected chi connectivity index (χ4v) is 1.26. The van der Waals surface area contributed by atoms with Gasteiger partial charge in [0, 0.05) is 19.2 Å². The molecule has 1 rings (SSSR count). The first kappa shape index (κ1) is 11.4. The zero-order valence-electron chi connectivity index (χ0n) is 8.46. The molecule has 0 aliphatic rings. The number of hydrogen-bond donors (Lipinski definition) is 1. The molecule has 6 heteroatoms. The van der Waals surface area contributed by atoms with Gasteiger partial charge in [-0.1, -0.05) is 0 Å². The van der Waals surface area contributed by atoms with Crippen molar-refractivity contribution in [3.8, 4) is 0 Å². The number of aliphatic hydroxyl groups excluding tert-OH is 1. The fraction of sp³-hybridized carbons (Fsp3) is 0.444. The molecule has 15 heavy (non-hydrogen) atoms. The molecule has 0 aliphatic carbocycles. The second kappa shape index (κ2) is 5.26. The van der Waals surface area contributed by atoms with Gasteiger partial charge in [0.15, 0.2) is 6.20 Å². The molecule has 0 aliphatic heterocycles. The summed E-state index contributed by atoms with van der Waals surface area (Å²) in [6, 6.07) is 2.99. The molecule has 0 aromatic carbocycles. The normalized spacial score (nSPS) is 10.0. The Hall–Kier alpha value is -1.69. The summed E-state index contributed by atoms with van der Waals surface area (Å²) < 4.78 is 0. The maximum absolute atomic E-state index is 10.4. The van der Waals surface area contributed by atoms with Gasteiger partial charge in [0.05, 0.1) is 12.3 Å². The second-order valence-corrected chi connectivity index (χ2v) is 2.93. The molecule has 1 heterocycles. The highest BCUT2D eigenvalue weighted by Gasteiger charge is 2.09. The average molecular weight is 211 g/mol. The minimum Gasteiger partial charge on any atom is -0.395 e. The van der Waals surface area contributed by atoms with Crippen LogP contribution in [0.25, 0.3) is 0 Å². The standard InChI is InChI=1S/C9H13N3O3/c1-2-11(5-6-13)8-3-4-9(10-7-8)12(14)15/h3-4,7,13H,2,5-6H2,1H3. The number of rotatable bonds is 5. The average Bonchev–Trinajstić information content (AvgIpc) is 2.26. The van der Waals surface area contributed by atoms with Gasteiger partial charge < -0.3 is 20.1 Å². The third-order valence-corrected chi connectivity index (χ3v) is 2.04. The molecule has 82 valence electrons. The van der Waals surface area contributed by atoms with Crippen molar-refractivity contribution in [3.63, 3.8) is 0 Å². The Labute approximate surface area is 87.3 Å². The first-order valence-electron chi connectivity index (χ1n) is 4.65. The summed E-state index contributed by atoms with van der Waals surface area (Å²) in [5, 5.41) is 19.2. The molecule has 6 nitrogen and oxygen atoms in total. The van der Waals surface area contributed by atoms with E-state index in [0.29, 0.717) is 6.54 Å². The molecule has 0 fully saturated rings. The molecular weight excluding hydrogens is 198 g/mol. The first-order chi connectivity index (χ1) is 7.19. The van der Waals surface area contributed by atoms with Gasteiger partial charge in [-0.2, -0.15) is 0 Å². The maximum Gasteiger partial charge on any atom is 0.363 e. The summed E-state index contributed by atoms with van der Waals surface area (Å²) in [6.07, 6.45) is 1.44. The quantitative estimate of drug-likeness (QED) is 0.575. The predicted molar refractivity (Wildman–Crippen MR) is 55.9 cm³/mol. The number of nitrogens with zero attached hydrogens (tertiary/aromatic N) is 3. The topological polar surface area (TPSA) is 79.5 Å². The van der Waals surface area contributed by atoms with Gasteiger partial charge in [-0.25, -0.2) is 0 Å². The molecule has 1 N–H and O–H groups in total. The molecule has 1 aromatic heterocycles. The van der Waals surface area contributed by atoms with Crippen molar-refractivity contribution in [1.29, 1.82) is 0 Å². The third-order valence-electron chi connectivity index (χ3n) is 2.04. The Bertz CT molecular complexity index is 326. The summed E-state index contributed by atoms with van der Waals surface area (Å²) in [7, 11) is 0. The highest BCUT2D eigenvalue weighted by Crippen LogP contribution is 2.15. The summed E-state index contributed by atoms with van der Waals surface area (Å²) in [4.78, 5) is 15.4. The third kappa shape index (κ3) is 2.88. The van der Waals surface area contributed by atoms with Crippen molar-refractivity contribution in [2.45, 2.75) is 6.92 Å². The number of pyridine rings is 1. The van der Waals surface area contributed by atoms with Crippen LogP contribution in [0.1, 0.15) is 6.92 Å². The molecule has 0 atom stereocenters. The smallest absolute Gasteiger partial charge is 0.363 e. The van der Waals surface area contributed by atoms with Crippen LogP contribution in [0.5, 0.6) is 0 Å². The van der Waals surface area contributed by atoms with Gasteiger partial charge in [0.1, 0.15) is 0 Å². The number of hydrogen-bond acceptors (Lipinski definition) is 5. The van der Waals surface area contributed by atoms with Crippen molar-refractivity contribution >= 4 is 11.5 Å². The lowest BCUT2D eigenvalue weighted by molar-refractivity contribution is -0.389. The van der Waals surface area contributed by atoms with Crippen LogP contribution in [0.4, 0.5) is 11.5 Å². The van der Waals surface area contributed by atoms with Gasteiger partial charge in [0.2, 0.25) is 0 Å². The van der Waals surface area contributed by atoms with E-state index in [-0.39, 0.29) is 12.4 Å². The lowest BCUT2D eigenvalue weighted by Crippen LogP contribution is -2.26. The lowest BCUT2D eigenvalue weighted by atomic mass is 10.3. The molecule has 0 unspecified atom stereocenters. The molecule has 0 amide bonds. The number of aromatic nitrogens is 1. The van der Waals surface area contributed by atoms with Crippen LogP contribution in [-0.4, -0.2) is 34.7 Å². The Morgan fingerprint density at radius 1 is 1.60 bits per heavy atom. The largest absolute Gasteiger partial charge is 0.395 e. The Morgan fingerprint density at radius 3 is 2.73 bits per heavy atom. The van der Waals surface area contributed by atoms with Crippen LogP contribution >= 0.6 is 0 Å². The number of anilines is 1. The first-order valence-corrected chi connectivity index (χ1v) is 4.65. The maximum atomic E-state index is 10.4.